The van der Waals surface area contributed by atoms with E-state index in [-0.39, 0.29) is 30.2 Å². The van der Waals surface area contributed by atoms with Gasteiger partial charge in [0, 0.05) is 18.4 Å². The highest BCUT2D eigenvalue weighted by molar-refractivity contribution is 5.95. The van der Waals surface area contributed by atoms with Crippen LogP contribution in [0.15, 0.2) is 12.1 Å². The lowest BCUT2D eigenvalue weighted by molar-refractivity contribution is 0.0526. The number of hydrogen-bond acceptors (Lipinski definition) is 5. The molecule has 1 aromatic rings. The van der Waals surface area contributed by atoms with E-state index in [2.05, 4.69) is 0 Å². The summed E-state index contributed by atoms with van der Waals surface area (Å²) in [5, 5.41) is 0. The molecule has 0 aliphatic heterocycles. The van der Waals surface area contributed by atoms with Crippen LogP contribution in [0, 0.1) is 5.82 Å². The zero-order valence-electron chi connectivity index (χ0n) is 11.8. The smallest absolute Gasteiger partial charge is 0.340 e. The molecule has 0 aliphatic rings. The molecule has 0 saturated heterocycles. The second-order valence-corrected chi connectivity index (χ2v) is 4.05. The predicted molar refractivity (Wildman–Crippen MR) is 73.4 cm³/mol. The van der Waals surface area contributed by atoms with Crippen molar-refractivity contribution in [1.82, 2.24) is 0 Å². The number of nitrogens with two attached hydrogens (primary N) is 1. The monoisotopic (exact) mass is 285 g/mol. The molecular formula is C14H20FNO4. The molecule has 0 aliphatic carbocycles. The lowest BCUT2D eigenvalue weighted by atomic mass is 10.1. The Labute approximate surface area is 117 Å². The molecule has 0 fully saturated rings. The quantitative estimate of drug-likeness (QED) is 0.451. The van der Waals surface area contributed by atoms with Crippen LogP contribution >= 0.6 is 0 Å². The number of rotatable bonds is 8. The van der Waals surface area contributed by atoms with Gasteiger partial charge in [0.15, 0.2) is 11.6 Å². The van der Waals surface area contributed by atoms with Crippen molar-refractivity contribution in [2.45, 2.75) is 20.3 Å². The number of anilines is 1. The molecule has 1 rings (SSSR count). The number of ether oxygens (including phenoxy) is 3. The average Bonchev–Trinajstić information content (AvgIpc) is 2.40. The second-order valence-electron chi connectivity index (χ2n) is 4.05. The maximum atomic E-state index is 13.7. The first-order valence-corrected chi connectivity index (χ1v) is 6.56. The van der Waals surface area contributed by atoms with E-state index in [1.54, 1.807) is 6.92 Å². The summed E-state index contributed by atoms with van der Waals surface area (Å²) in [4.78, 5) is 11.6. The summed E-state index contributed by atoms with van der Waals surface area (Å²) in [6, 6.07) is 2.30. The molecule has 0 heterocycles. The average molecular weight is 285 g/mol. The fourth-order valence-electron chi connectivity index (χ4n) is 1.52. The van der Waals surface area contributed by atoms with Gasteiger partial charge in [-0.25, -0.2) is 9.18 Å². The molecule has 112 valence electrons. The standard InChI is InChI=1S/C14H20FNO4/c1-3-5-18-6-7-20-13-8-10(14(17)19-4-2)12(16)9-11(13)15/h8-9H,3-7,16H2,1-2H3. The van der Waals surface area contributed by atoms with Crippen molar-refractivity contribution in [3.8, 4) is 5.75 Å². The minimum atomic E-state index is -0.619. The van der Waals surface area contributed by atoms with Gasteiger partial charge < -0.3 is 19.9 Å². The van der Waals surface area contributed by atoms with Gasteiger partial charge in [-0.15, -0.1) is 0 Å². The number of benzene rings is 1. The molecule has 5 nitrogen and oxygen atoms in total. The first-order chi connectivity index (χ1) is 9.60. The molecular weight excluding hydrogens is 265 g/mol. The van der Waals surface area contributed by atoms with Gasteiger partial charge in [-0.1, -0.05) is 6.92 Å². The Bertz CT molecular complexity index is 451. The van der Waals surface area contributed by atoms with E-state index in [0.717, 1.165) is 12.5 Å². The molecule has 1 aromatic carbocycles. The largest absolute Gasteiger partial charge is 0.488 e. The summed E-state index contributed by atoms with van der Waals surface area (Å²) in [5.74, 6) is -1.26. The summed E-state index contributed by atoms with van der Waals surface area (Å²) in [5.41, 5.74) is 5.71. The van der Waals surface area contributed by atoms with Crippen LogP contribution in [-0.4, -0.2) is 32.4 Å². The van der Waals surface area contributed by atoms with Crippen molar-refractivity contribution in [3.63, 3.8) is 0 Å². The Morgan fingerprint density at radius 2 is 2.00 bits per heavy atom. The third-order valence-corrected chi connectivity index (χ3v) is 2.43. The van der Waals surface area contributed by atoms with Gasteiger partial charge >= 0.3 is 5.97 Å². The summed E-state index contributed by atoms with van der Waals surface area (Å²) < 4.78 is 29.0. The van der Waals surface area contributed by atoms with Crippen LogP contribution in [0.4, 0.5) is 10.1 Å². The topological polar surface area (TPSA) is 70.8 Å². The zero-order valence-corrected chi connectivity index (χ0v) is 11.8. The minimum absolute atomic E-state index is 0.0236. The van der Waals surface area contributed by atoms with Crippen LogP contribution in [0.2, 0.25) is 0 Å². The van der Waals surface area contributed by atoms with Gasteiger partial charge in [-0.2, -0.15) is 0 Å². The number of carbonyl (C=O) groups is 1. The van der Waals surface area contributed by atoms with Crippen LogP contribution in [0.5, 0.6) is 5.75 Å². The summed E-state index contributed by atoms with van der Waals surface area (Å²) in [6.45, 7) is 5.07. The van der Waals surface area contributed by atoms with Crippen LogP contribution in [0.1, 0.15) is 30.6 Å². The van der Waals surface area contributed by atoms with Crippen molar-refractivity contribution in [2.24, 2.45) is 0 Å². The van der Waals surface area contributed by atoms with Crippen molar-refractivity contribution >= 4 is 11.7 Å². The van der Waals surface area contributed by atoms with Gasteiger partial charge in [0.05, 0.1) is 18.8 Å². The van der Waals surface area contributed by atoms with Gasteiger partial charge in [0.2, 0.25) is 0 Å². The third kappa shape index (κ3) is 4.70. The van der Waals surface area contributed by atoms with E-state index in [1.165, 1.54) is 6.07 Å². The fraction of sp³-hybridized carbons (Fsp3) is 0.500. The highest BCUT2D eigenvalue weighted by Gasteiger charge is 2.16. The van der Waals surface area contributed by atoms with Gasteiger partial charge in [0.1, 0.15) is 6.61 Å². The summed E-state index contributed by atoms with van der Waals surface area (Å²) in [7, 11) is 0. The molecule has 0 unspecified atom stereocenters. The Morgan fingerprint density at radius 1 is 1.25 bits per heavy atom. The number of carbonyl (C=O) groups excluding carboxylic acids is 1. The highest BCUT2D eigenvalue weighted by Crippen LogP contribution is 2.24. The molecule has 20 heavy (non-hydrogen) atoms. The van der Waals surface area contributed by atoms with Gasteiger partial charge in [-0.05, 0) is 19.4 Å². The molecule has 0 bridgehead atoms. The van der Waals surface area contributed by atoms with Crippen molar-refractivity contribution in [1.29, 1.82) is 0 Å². The molecule has 0 saturated carbocycles. The molecule has 0 radical (unpaired) electrons. The van der Waals surface area contributed by atoms with Crippen molar-refractivity contribution < 1.29 is 23.4 Å². The zero-order chi connectivity index (χ0) is 15.0. The van der Waals surface area contributed by atoms with E-state index >= 15 is 0 Å². The molecule has 6 heteroatoms. The molecule has 0 amide bonds. The number of hydrogen-bond donors (Lipinski definition) is 1. The highest BCUT2D eigenvalue weighted by atomic mass is 19.1. The van der Waals surface area contributed by atoms with Crippen molar-refractivity contribution in [2.75, 3.05) is 32.2 Å². The molecule has 0 atom stereocenters. The van der Waals surface area contributed by atoms with Crippen LogP contribution in [-0.2, 0) is 9.47 Å². The van der Waals surface area contributed by atoms with E-state index < -0.39 is 11.8 Å². The normalized spacial score (nSPS) is 10.3. The Morgan fingerprint density at radius 3 is 2.65 bits per heavy atom. The summed E-state index contributed by atoms with van der Waals surface area (Å²) >= 11 is 0. The summed E-state index contributed by atoms with van der Waals surface area (Å²) in [6.07, 6.45) is 0.906. The van der Waals surface area contributed by atoms with Gasteiger partial charge in [-0.3, -0.25) is 0 Å². The van der Waals surface area contributed by atoms with Gasteiger partial charge in [0.25, 0.3) is 0 Å². The fourth-order valence-corrected chi connectivity index (χ4v) is 1.52. The molecule has 0 spiro atoms. The lowest BCUT2D eigenvalue weighted by Gasteiger charge is -2.11. The number of nitrogen functional groups attached to an aromatic ring is 1. The first-order valence-electron chi connectivity index (χ1n) is 6.56. The van der Waals surface area contributed by atoms with Crippen molar-refractivity contribution in [3.05, 3.63) is 23.5 Å². The SMILES string of the molecule is CCCOCCOc1cc(C(=O)OCC)c(N)cc1F. The van der Waals surface area contributed by atoms with Crippen LogP contribution in [0.3, 0.4) is 0 Å². The number of esters is 1. The Kier molecular flexibility index (Phi) is 6.79. The van der Waals surface area contributed by atoms with E-state index in [9.17, 15) is 9.18 Å². The Hall–Kier alpha value is -1.82. The second kappa shape index (κ2) is 8.37. The maximum absolute atomic E-state index is 13.7. The predicted octanol–water partition coefficient (Wildman–Crippen LogP) is 2.39. The third-order valence-electron chi connectivity index (χ3n) is 2.43. The maximum Gasteiger partial charge on any atom is 0.340 e. The lowest BCUT2D eigenvalue weighted by Crippen LogP contribution is -2.11. The Balaban J connectivity index is 2.70. The molecule has 2 N–H and O–H groups in total. The minimum Gasteiger partial charge on any atom is -0.488 e. The van der Waals surface area contributed by atoms with Crippen LogP contribution < -0.4 is 10.5 Å². The first kappa shape index (κ1) is 16.2. The number of halogens is 1. The van der Waals surface area contributed by atoms with E-state index in [1.807, 2.05) is 6.92 Å². The molecule has 0 aromatic heterocycles. The van der Waals surface area contributed by atoms with Crippen LogP contribution in [0.25, 0.3) is 0 Å². The van der Waals surface area contributed by atoms with E-state index in [0.29, 0.717) is 13.2 Å². The van der Waals surface area contributed by atoms with E-state index in [4.69, 9.17) is 19.9 Å².